The van der Waals surface area contributed by atoms with E-state index in [1.807, 2.05) is 43.3 Å². The second-order valence-electron chi connectivity index (χ2n) is 6.52. The van der Waals surface area contributed by atoms with Crippen molar-refractivity contribution in [1.29, 1.82) is 0 Å². The number of nitrogens with one attached hydrogen (secondary N) is 1. The smallest absolute Gasteiger partial charge is 0.253 e. The first-order valence-corrected chi connectivity index (χ1v) is 8.72. The summed E-state index contributed by atoms with van der Waals surface area (Å²) in [5.41, 5.74) is 9.02. The van der Waals surface area contributed by atoms with Crippen molar-refractivity contribution in [3.63, 3.8) is 0 Å². The van der Waals surface area contributed by atoms with Crippen LogP contribution >= 0.6 is 0 Å². The Kier molecular flexibility index (Phi) is 4.41. The summed E-state index contributed by atoms with van der Waals surface area (Å²) in [4.78, 5) is 20.4. The molecule has 0 saturated heterocycles. The number of nitrogen functional groups attached to an aromatic ring is 1. The van der Waals surface area contributed by atoms with E-state index in [0.29, 0.717) is 23.0 Å². The SMILES string of the molecule is Cc1cc(Nc2ncnc3ccc(N)cc23)ccc1Oc1ccn(C)c(=O)c1. The Morgan fingerprint density at radius 2 is 1.93 bits per heavy atom. The number of benzene rings is 2. The summed E-state index contributed by atoms with van der Waals surface area (Å²) in [7, 11) is 1.70. The van der Waals surface area contributed by atoms with Crippen LogP contribution in [0.4, 0.5) is 17.2 Å². The van der Waals surface area contributed by atoms with Gasteiger partial charge < -0.3 is 20.4 Å². The number of nitrogens with two attached hydrogens (primary N) is 1. The van der Waals surface area contributed by atoms with Gasteiger partial charge in [-0.05, 0) is 55.0 Å². The van der Waals surface area contributed by atoms with Gasteiger partial charge in [-0.2, -0.15) is 0 Å². The van der Waals surface area contributed by atoms with Gasteiger partial charge in [-0.15, -0.1) is 0 Å². The van der Waals surface area contributed by atoms with Gasteiger partial charge in [0.25, 0.3) is 5.56 Å². The molecule has 0 aliphatic rings. The number of aromatic nitrogens is 3. The van der Waals surface area contributed by atoms with Crippen LogP contribution in [0, 0.1) is 6.92 Å². The Bertz CT molecular complexity index is 1230. The fourth-order valence-electron chi connectivity index (χ4n) is 2.87. The minimum Gasteiger partial charge on any atom is -0.457 e. The van der Waals surface area contributed by atoms with Crippen LogP contribution < -0.4 is 21.3 Å². The summed E-state index contributed by atoms with van der Waals surface area (Å²) in [6.07, 6.45) is 3.19. The lowest BCUT2D eigenvalue weighted by molar-refractivity contribution is 0.476. The molecule has 0 fully saturated rings. The van der Waals surface area contributed by atoms with E-state index >= 15 is 0 Å². The highest BCUT2D eigenvalue weighted by Gasteiger charge is 2.08. The van der Waals surface area contributed by atoms with E-state index in [1.54, 1.807) is 19.3 Å². The Hall–Kier alpha value is -3.87. The molecule has 140 valence electrons. The van der Waals surface area contributed by atoms with Crippen LogP contribution in [0.2, 0.25) is 0 Å². The molecule has 0 unspecified atom stereocenters. The molecular weight excluding hydrogens is 354 g/mol. The predicted octanol–water partition coefficient (Wildman–Crippen LogP) is 3.76. The van der Waals surface area contributed by atoms with Crippen LogP contribution in [0.1, 0.15) is 5.56 Å². The molecule has 7 nitrogen and oxygen atoms in total. The molecule has 0 aliphatic carbocycles. The summed E-state index contributed by atoms with van der Waals surface area (Å²) in [5.74, 6) is 1.86. The van der Waals surface area contributed by atoms with Crippen LogP contribution in [-0.2, 0) is 7.05 Å². The number of anilines is 3. The Morgan fingerprint density at radius 1 is 1.07 bits per heavy atom. The van der Waals surface area contributed by atoms with Gasteiger partial charge in [-0.3, -0.25) is 4.79 Å². The molecule has 0 bridgehead atoms. The first-order chi connectivity index (χ1) is 13.5. The summed E-state index contributed by atoms with van der Waals surface area (Å²) >= 11 is 0. The van der Waals surface area contributed by atoms with Gasteiger partial charge in [0.2, 0.25) is 0 Å². The van der Waals surface area contributed by atoms with Gasteiger partial charge in [-0.25, -0.2) is 9.97 Å². The van der Waals surface area contributed by atoms with Gasteiger partial charge in [0.15, 0.2) is 0 Å². The zero-order valence-corrected chi connectivity index (χ0v) is 15.5. The van der Waals surface area contributed by atoms with Crippen molar-refractivity contribution in [2.45, 2.75) is 6.92 Å². The Labute approximate surface area is 161 Å². The molecule has 28 heavy (non-hydrogen) atoms. The van der Waals surface area contributed by atoms with E-state index in [4.69, 9.17) is 10.5 Å². The minimum atomic E-state index is -0.122. The first kappa shape index (κ1) is 17.5. The average Bonchev–Trinajstić information content (AvgIpc) is 2.67. The van der Waals surface area contributed by atoms with Gasteiger partial charge >= 0.3 is 0 Å². The number of hydrogen-bond acceptors (Lipinski definition) is 6. The van der Waals surface area contributed by atoms with E-state index in [2.05, 4.69) is 15.3 Å². The lowest BCUT2D eigenvalue weighted by atomic mass is 10.2. The largest absolute Gasteiger partial charge is 0.457 e. The van der Waals surface area contributed by atoms with E-state index in [9.17, 15) is 4.79 Å². The predicted molar refractivity (Wildman–Crippen MR) is 110 cm³/mol. The number of pyridine rings is 1. The molecule has 0 atom stereocenters. The maximum atomic E-state index is 11.8. The Balaban J connectivity index is 1.61. The van der Waals surface area contributed by atoms with Gasteiger partial charge in [0, 0.05) is 36.1 Å². The van der Waals surface area contributed by atoms with Crippen molar-refractivity contribution in [3.8, 4) is 11.5 Å². The number of nitrogens with zero attached hydrogens (tertiary/aromatic N) is 3. The zero-order chi connectivity index (χ0) is 19.7. The molecule has 0 saturated carbocycles. The Morgan fingerprint density at radius 3 is 2.71 bits per heavy atom. The standard InChI is InChI=1S/C21H19N5O2/c1-13-9-15(4-6-19(13)28-16-7-8-26(2)20(27)11-16)25-21-17-10-14(22)3-5-18(17)23-12-24-21/h3-12H,22H2,1-2H3,(H,23,24,25). The fraction of sp³-hybridized carbons (Fsp3) is 0.0952. The first-order valence-electron chi connectivity index (χ1n) is 8.72. The highest BCUT2D eigenvalue weighted by molar-refractivity contribution is 5.92. The van der Waals surface area contributed by atoms with E-state index in [0.717, 1.165) is 22.2 Å². The molecule has 2 aromatic carbocycles. The van der Waals surface area contributed by atoms with E-state index < -0.39 is 0 Å². The lowest BCUT2D eigenvalue weighted by Gasteiger charge is -2.12. The monoisotopic (exact) mass is 373 g/mol. The van der Waals surface area contributed by atoms with Gasteiger partial charge in [-0.1, -0.05) is 0 Å². The van der Waals surface area contributed by atoms with Crippen LogP contribution in [0.15, 0.2) is 65.8 Å². The number of aryl methyl sites for hydroxylation is 2. The van der Waals surface area contributed by atoms with Crippen molar-refractivity contribution in [2.75, 3.05) is 11.1 Å². The molecule has 0 amide bonds. The van der Waals surface area contributed by atoms with Crippen molar-refractivity contribution in [1.82, 2.24) is 14.5 Å². The molecular formula is C21H19N5O2. The molecule has 0 radical (unpaired) electrons. The number of ether oxygens (including phenoxy) is 1. The molecule has 0 aliphatic heterocycles. The van der Waals surface area contributed by atoms with Crippen molar-refractivity contribution >= 4 is 28.1 Å². The minimum absolute atomic E-state index is 0.122. The summed E-state index contributed by atoms with van der Waals surface area (Å²) in [6.45, 7) is 1.94. The van der Waals surface area contributed by atoms with Crippen LogP contribution in [0.3, 0.4) is 0 Å². The fourth-order valence-corrected chi connectivity index (χ4v) is 2.87. The number of fused-ring (bicyclic) bond motifs is 1. The van der Waals surface area contributed by atoms with E-state index in [-0.39, 0.29) is 5.56 Å². The van der Waals surface area contributed by atoms with Crippen LogP contribution in [-0.4, -0.2) is 14.5 Å². The van der Waals surface area contributed by atoms with E-state index in [1.165, 1.54) is 17.0 Å². The van der Waals surface area contributed by atoms with Gasteiger partial charge in [0.05, 0.1) is 5.52 Å². The summed E-state index contributed by atoms with van der Waals surface area (Å²) < 4.78 is 7.34. The normalized spacial score (nSPS) is 10.8. The third-order valence-corrected chi connectivity index (χ3v) is 4.40. The lowest BCUT2D eigenvalue weighted by Crippen LogP contribution is -2.13. The topological polar surface area (TPSA) is 95.1 Å². The molecule has 7 heteroatoms. The van der Waals surface area contributed by atoms with Crippen LogP contribution in [0.25, 0.3) is 10.9 Å². The van der Waals surface area contributed by atoms with Crippen molar-refractivity contribution < 1.29 is 4.74 Å². The van der Waals surface area contributed by atoms with Gasteiger partial charge in [0.1, 0.15) is 23.6 Å². The van der Waals surface area contributed by atoms with Crippen molar-refractivity contribution in [2.24, 2.45) is 7.05 Å². The molecule has 0 spiro atoms. The molecule has 3 N–H and O–H groups in total. The molecule has 2 aromatic heterocycles. The summed E-state index contributed by atoms with van der Waals surface area (Å²) in [6, 6.07) is 14.4. The second kappa shape index (κ2) is 7.03. The van der Waals surface area contributed by atoms with Crippen LogP contribution in [0.5, 0.6) is 11.5 Å². The quantitative estimate of drug-likeness (QED) is 0.529. The third-order valence-electron chi connectivity index (χ3n) is 4.40. The maximum absolute atomic E-state index is 11.8. The molecule has 2 heterocycles. The number of rotatable bonds is 4. The average molecular weight is 373 g/mol. The molecule has 4 rings (SSSR count). The second-order valence-corrected chi connectivity index (χ2v) is 6.52. The highest BCUT2D eigenvalue weighted by Crippen LogP contribution is 2.29. The summed E-state index contributed by atoms with van der Waals surface area (Å²) in [5, 5.41) is 4.15. The number of hydrogen-bond donors (Lipinski definition) is 2. The maximum Gasteiger partial charge on any atom is 0.253 e. The van der Waals surface area contributed by atoms with Crippen molar-refractivity contribution in [3.05, 3.63) is 77.0 Å². The third kappa shape index (κ3) is 3.50. The molecule has 4 aromatic rings. The zero-order valence-electron chi connectivity index (χ0n) is 15.5. The highest BCUT2D eigenvalue weighted by atomic mass is 16.5.